The van der Waals surface area contributed by atoms with E-state index in [0.29, 0.717) is 31.1 Å². The third-order valence-corrected chi connectivity index (χ3v) is 2.81. The third kappa shape index (κ3) is 6.16. The molecule has 21 heavy (non-hydrogen) atoms. The monoisotopic (exact) mass is 295 g/mol. The molecule has 0 fully saturated rings. The molecule has 0 atom stereocenters. The molecular formula is C15H21NO5. The summed E-state index contributed by atoms with van der Waals surface area (Å²) in [6, 6.07) is 7.15. The van der Waals surface area contributed by atoms with Crippen molar-refractivity contribution in [2.75, 3.05) is 26.8 Å². The molecule has 0 aliphatic carbocycles. The molecule has 0 aromatic heterocycles. The molecule has 1 N–H and O–H groups in total. The second kappa shape index (κ2) is 8.84. The molecular weight excluding hydrogens is 274 g/mol. The van der Waals surface area contributed by atoms with Crippen molar-refractivity contribution < 1.29 is 24.2 Å². The van der Waals surface area contributed by atoms with Gasteiger partial charge in [-0.1, -0.05) is 12.1 Å². The van der Waals surface area contributed by atoms with Gasteiger partial charge in [0.05, 0.1) is 6.61 Å². The number of amides is 1. The molecule has 0 spiro atoms. The molecule has 1 aromatic carbocycles. The van der Waals surface area contributed by atoms with Crippen LogP contribution in [0.1, 0.15) is 19.8 Å². The number of carboxylic acid groups (broad SMARTS) is 1. The van der Waals surface area contributed by atoms with Gasteiger partial charge in [0.15, 0.2) is 18.1 Å². The number of carboxylic acids is 1. The zero-order chi connectivity index (χ0) is 15.7. The Morgan fingerprint density at radius 2 is 1.81 bits per heavy atom. The maximum Gasteiger partial charge on any atom is 0.303 e. The van der Waals surface area contributed by atoms with E-state index in [1.165, 1.54) is 4.90 Å². The second-order valence-corrected chi connectivity index (χ2v) is 4.48. The van der Waals surface area contributed by atoms with Crippen molar-refractivity contribution in [3.63, 3.8) is 0 Å². The number of carbonyl (C=O) groups excluding carboxylic acids is 1. The normalized spacial score (nSPS) is 10.0. The summed E-state index contributed by atoms with van der Waals surface area (Å²) < 4.78 is 10.9. The summed E-state index contributed by atoms with van der Waals surface area (Å²) >= 11 is 0. The third-order valence-electron chi connectivity index (χ3n) is 2.81. The van der Waals surface area contributed by atoms with E-state index in [9.17, 15) is 9.59 Å². The molecule has 0 aliphatic rings. The number of likely N-dealkylation sites (N-methyl/N-ethyl adjacent to an activating group) is 1. The number of aliphatic carboxylic acids is 1. The molecule has 0 unspecified atom stereocenters. The Labute approximate surface area is 124 Å². The summed E-state index contributed by atoms with van der Waals surface area (Å²) in [6.07, 6.45) is 0.471. The van der Waals surface area contributed by atoms with E-state index >= 15 is 0 Å². The summed E-state index contributed by atoms with van der Waals surface area (Å²) in [5, 5.41) is 8.56. The Balaban J connectivity index is 2.43. The molecule has 0 aliphatic heterocycles. The van der Waals surface area contributed by atoms with Crippen LogP contribution in [0, 0.1) is 0 Å². The SMILES string of the molecule is CCOc1ccccc1OCC(=O)N(C)CCCC(=O)O. The van der Waals surface area contributed by atoms with Crippen LogP contribution in [0.15, 0.2) is 24.3 Å². The van der Waals surface area contributed by atoms with Gasteiger partial charge in [0.2, 0.25) is 0 Å². The summed E-state index contributed by atoms with van der Waals surface area (Å²) in [5.41, 5.74) is 0. The van der Waals surface area contributed by atoms with Gasteiger partial charge in [0, 0.05) is 20.0 Å². The van der Waals surface area contributed by atoms with Gasteiger partial charge < -0.3 is 19.5 Å². The Morgan fingerprint density at radius 1 is 1.19 bits per heavy atom. The molecule has 1 aromatic rings. The highest BCUT2D eigenvalue weighted by Gasteiger charge is 2.11. The van der Waals surface area contributed by atoms with Crippen molar-refractivity contribution in [3.05, 3.63) is 24.3 Å². The first-order valence-corrected chi connectivity index (χ1v) is 6.85. The standard InChI is InChI=1S/C15H21NO5/c1-3-20-12-7-4-5-8-13(12)21-11-14(17)16(2)10-6-9-15(18)19/h4-5,7-8H,3,6,9-11H2,1-2H3,(H,18,19). The highest BCUT2D eigenvalue weighted by atomic mass is 16.5. The van der Waals surface area contributed by atoms with Crippen molar-refractivity contribution in [1.82, 2.24) is 4.90 Å². The van der Waals surface area contributed by atoms with Gasteiger partial charge in [0.1, 0.15) is 0 Å². The summed E-state index contributed by atoms with van der Waals surface area (Å²) in [7, 11) is 1.63. The molecule has 6 nitrogen and oxygen atoms in total. The van der Waals surface area contributed by atoms with E-state index in [2.05, 4.69) is 0 Å². The number of hydrogen-bond donors (Lipinski definition) is 1. The number of rotatable bonds is 9. The van der Waals surface area contributed by atoms with Crippen LogP contribution >= 0.6 is 0 Å². The zero-order valence-electron chi connectivity index (χ0n) is 12.4. The number of carbonyl (C=O) groups is 2. The van der Waals surface area contributed by atoms with Crippen molar-refractivity contribution >= 4 is 11.9 Å². The highest BCUT2D eigenvalue weighted by molar-refractivity contribution is 5.77. The van der Waals surface area contributed by atoms with Crippen LogP contribution in [0.5, 0.6) is 11.5 Å². The lowest BCUT2D eigenvalue weighted by Gasteiger charge is -2.17. The topological polar surface area (TPSA) is 76.1 Å². The molecule has 0 heterocycles. The zero-order valence-corrected chi connectivity index (χ0v) is 12.4. The fraction of sp³-hybridized carbons (Fsp3) is 0.467. The summed E-state index contributed by atoms with van der Waals surface area (Å²) in [5.74, 6) is 0.0531. The Bertz CT molecular complexity index is 475. The van der Waals surface area contributed by atoms with E-state index in [1.807, 2.05) is 13.0 Å². The average Bonchev–Trinajstić information content (AvgIpc) is 2.45. The number of ether oxygens (including phenoxy) is 2. The van der Waals surface area contributed by atoms with Gasteiger partial charge in [-0.2, -0.15) is 0 Å². The van der Waals surface area contributed by atoms with Gasteiger partial charge in [0.25, 0.3) is 5.91 Å². The molecule has 0 saturated heterocycles. The van der Waals surface area contributed by atoms with Gasteiger partial charge in [-0.25, -0.2) is 0 Å². The van der Waals surface area contributed by atoms with Crippen LogP contribution < -0.4 is 9.47 Å². The lowest BCUT2D eigenvalue weighted by molar-refractivity contribution is -0.138. The first-order chi connectivity index (χ1) is 10.0. The smallest absolute Gasteiger partial charge is 0.303 e. The summed E-state index contributed by atoms with van der Waals surface area (Å²) in [6.45, 7) is 2.68. The van der Waals surface area contributed by atoms with E-state index < -0.39 is 5.97 Å². The van der Waals surface area contributed by atoms with Crippen LogP contribution in [-0.4, -0.2) is 48.7 Å². The maximum atomic E-state index is 11.9. The van der Waals surface area contributed by atoms with E-state index in [0.717, 1.165) is 0 Å². The van der Waals surface area contributed by atoms with Crippen LogP contribution in [0.4, 0.5) is 0 Å². The van der Waals surface area contributed by atoms with E-state index in [-0.39, 0.29) is 18.9 Å². The number of nitrogens with zero attached hydrogens (tertiary/aromatic N) is 1. The van der Waals surface area contributed by atoms with Crippen LogP contribution in [0.25, 0.3) is 0 Å². The number of para-hydroxylation sites is 2. The maximum absolute atomic E-state index is 11.9. The quantitative estimate of drug-likeness (QED) is 0.751. The second-order valence-electron chi connectivity index (χ2n) is 4.48. The Hall–Kier alpha value is -2.24. The van der Waals surface area contributed by atoms with Gasteiger partial charge in [-0.3, -0.25) is 9.59 Å². The molecule has 0 bridgehead atoms. The Morgan fingerprint density at radius 3 is 2.38 bits per heavy atom. The molecule has 0 saturated carbocycles. The molecule has 6 heteroatoms. The molecule has 116 valence electrons. The van der Waals surface area contributed by atoms with Crippen molar-refractivity contribution in [3.8, 4) is 11.5 Å². The predicted molar refractivity (Wildman–Crippen MR) is 77.6 cm³/mol. The first kappa shape index (κ1) is 16.8. The van der Waals surface area contributed by atoms with Gasteiger partial charge >= 0.3 is 5.97 Å². The minimum absolute atomic E-state index is 0.0473. The predicted octanol–water partition coefficient (Wildman–Crippen LogP) is 1.79. The van der Waals surface area contributed by atoms with Crippen molar-refractivity contribution in [2.24, 2.45) is 0 Å². The van der Waals surface area contributed by atoms with Crippen molar-refractivity contribution in [1.29, 1.82) is 0 Å². The first-order valence-electron chi connectivity index (χ1n) is 6.85. The number of hydrogen-bond acceptors (Lipinski definition) is 4. The average molecular weight is 295 g/mol. The van der Waals surface area contributed by atoms with Crippen LogP contribution in [0.3, 0.4) is 0 Å². The lowest BCUT2D eigenvalue weighted by Crippen LogP contribution is -2.32. The lowest BCUT2D eigenvalue weighted by atomic mass is 10.3. The molecule has 1 amide bonds. The molecule has 0 radical (unpaired) electrons. The van der Waals surface area contributed by atoms with Crippen LogP contribution in [0.2, 0.25) is 0 Å². The minimum Gasteiger partial charge on any atom is -0.490 e. The number of benzene rings is 1. The van der Waals surface area contributed by atoms with E-state index in [1.54, 1.807) is 25.2 Å². The van der Waals surface area contributed by atoms with Crippen molar-refractivity contribution in [2.45, 2.75) is 19.8 Å². The Kier molecular flexibility index (Phi) is 7.08. The van der Waals surface area contributed by atoms with Gasteiger partial charge in [-0.05, 0) is 25.5 Å². The fourth-order valence-electron chi connectivity index (χ4n) is 1.69. The van der Waals surface area contributed by atoms with Gasteiger partial charge in [-0.15, -0.1) is 0 Å². The molecule has 1 rings (SSSR count). The highest BCUT2D eigenvalue weighted by Crippen LogP contribution is 2.26. The largest absolute Gasteiger partial charge is 0.490 e. The van der Waals surface area contributed by atoms with E-state index in [4.69, 9.17) is 14.6 Å². The minimum atomic E-state index is -0.863. The van der Waals surface area contributed by atoms with Crippen LogP contribution in [-0.2, 0) is 9.59 Å². The fourth-order valence-corrected chi connectivity index (χ4v) is 1.69. The summed E-state index contributed by atoms with van der Waals surface area (Å²) in [4.78, 5) is 23.8.